The number of hydrogen-bond donors (Lipinski definition) is 1. The van der Waals surface area contributed by atoms with Crippen molar-refractivity contribution in [3.8, 4) is 0 Å². The number of rotatable bonds is 3. The molecule has 1 heterocycles. The minimum Gasteiger partial charge on any atom is -0.276 e. The molecule has 2 aromatic rings. The summed E-state index contributed by atoms with van der Waals surface area (Å²) >= 11 is 9.27. The average Bonchev–Trinajstić information content (AvgIpc) is 2.37. The second-order valence-electron chi connectivity index (χ2n) is 4.31. The number of anilines is 1. The molecule has 0 atom stereocenters. The lowest BCUT2D eigenvalue weighted by molar-refractivity contribution is 0.601. The first-order chi connectivity index (χ1) is 9.31. The van der Waals surface area contributed by atoms with E-state index in [1.807, 2.05) is 6.92 Å². The Morgan fingerprint density at radius 3 is 2.50 bits per heavy atom. The van der Waals surface area contributed by atoms with Crippen LogP contribution in [0.5, 0.6) is 0 Å². The minimum atomic E-state index is -3.69. The first-order valence-corrected chi connectivity index (χ1v) is 8.37. The Bertz CT molecular complexity index is 743. The smallest absolute Gasteiger partial charge is 0.262 e. The maximum Gasteiger partial charge on any atom is 0.262 e. The number of pyridine rings is 1. The number of benzene rings is 1. The van der Waals surface area contributed by atoms with Crippen LogP contribution in [0.15, 0.2) is 39.8 Å². The Balaban J connectivity index is 2.43. The normalized spacial score (nSPS) is 11.4. The fourth-order valence-corrected chi connectivity index (χ4v) is 3.40. The van der Waals surface area contributed by atoms with Crippen LogP contribution in [0, 0.1) is 13.8 Å². The van der Waals surface area contributed by atoms with Gasteiger partial charge in [0.25, 0.3) is 10.0 Å². The molecular weight excluding hydrogens is 364 g/mol. The third kappa shape index (κ3) is 3.13. The van der Waals surface area contributed by atoms with Crippen molar-refractivity contribution in [3.63, 3.8) is 0 Å². The fraction of sp³-hybridized carbons (Fsp3) is 0.154. The Morgan fingerprint density at radius 2 is 1.90 bits per heavy atom. The molecule has 0 aliphatic carbocycles. The van der Waals surface area contributed by atoms with E-state index < -0.39 is 10.0 Å². The van der Waals surface area contributed by atoms with Crippen molar-refractivity contribution in [3.05, 3.63) is 51.2 Å². The van der Waals surface area contributed by atoms with E-state index in [4.69, 9.17) is 11.6 Å². The number of nitrogens with zero attached hydrogens (tertiary/aromatic N) is 1. The number of sulfonamides is 1. The lowest BCUT2D eigenvalue weighted by Gasteiger charge is -2.12. The van der Waals surface area contributed by atoms with Crippen LogP contribution in [0.2, 0.25) is 5.15 Å². The highest BCUT2D eigenvalue weighted by Crippen LogP contribution is 2.27. The van der Waals surface area contributed by atoms with Crippen molar-refractivity contribution in [1.82, 2.24) is 4.98 Å². The summed E-state index contributed by atoms with van der Waals surface area (Å²) in [6.45, 7) is 3.59. The SMILES string of the molecule is Cc1cc(S(=O)(=O)Nc2c(C)ccnc2Cl)ccc1Br. The van der Waals surface area contributed by atoms with Gasteiger partial charge in [-0.25, -0.2) is 13.4 Å². The standard InChI is InChI=1S/C13H12BrClN2O2S/c1-8-5-6-16-13(15)12(8)17-20(18,19)10-3-4-11(14)9(2)7-10/h3-7,17H,1-2H3. The fourth-order valence-electron chi connectivity index (χ4n) is 1.63. The molecule has 2 rings (SSSR count). The lowest BCUT2D eigenvalue weighted by atomic mass is 10.2. The van der Waals surface area contributed by atoms with Gasteiger partial charge in [-0.15, -0.1) is 0 Å². The first kappa shape index (κ1) is 15.3. The van der Waals surface area contributed by atoms with Gasteiger partial charge in [0, 0.05) is 10.7 Å². The van der Waals surface area contributed by atoms with E-state index in [-0.39, 0.29) is 10.0 Å². The van der Waals surface area contributed by atoms with Crippen LogP contribution in [-0.2, 0) is 10.0 Å². The summed E-state index contributed by atoms with van der Waals surface area (Å²) in [7, 11) is -3.69. The molecule has 0 saturated heterocycles. The predicted molar refractivity (Wildman–Crippen MR) is 83.7 cm³/mol. The van der Waals surface area contributed by atoms with Crippen LogP contribution in [0.1, 0.15) is 11.1 Å². The molecular formula is C13H12BrClN2O2S. The molecule has 0 aliphatic rings. The van der Waals surface area contributed by atoms with Crippen LogP contribution in [0.3, 0.4) is 0 Å². The van der Waals surface area contributed by atoms with Crippen molar-refractivity contribution >= 4 is 43.2 Å². The molecule has 7 heteroatoms. The topological polar surface area (TPSA) is 59.1 Å². The largest absolute Gasteiger partial charge is 0.276 e. The van der Waals surface area contributed by atoms with Crippen LogP contribution in [-0.4, -0.2) is 13.4 Å². The molecule has 1 N–H and O–H groups in total. The van der Waals surface area contributed by atoms with E-state index in [1.165, 1.54) is 12.3 Å². The van der Waals surface area contributed by atoms with Crippen molar-refractivity contribution in [1.29, 1.82) is 0 Å². The number of aromatic nitrogens is 1. The second kappa shape index (κ2) is 5.71. The van der Waals surface area contributed by atoms with E-state index in [9.17, 15) is 8.42 Å². The maximum atomic E-state index is 12.4. The molecule has 0 bridgehead atoms. The van der Waals surface area contributed by atoms with E-state index in [0.717, 1.165) is 10.0 Å². The molecule has 20 heavy (non-hydrogen) atoms. The molecule has 0 fully saturated rings. The van der Waals surface area contributed by atoms with Crippen LogP contribution in [0.4, 0.5) is 5.69 Å². The predicted octanol–water partition coefficient (Wildman–Crippen LogP) is 3.92. The summed E-state index contributed by atoms with van der Waals surface area (Å²) in [6.07, 6.45) is 1.53. The van der Waals surface area contributed by atoms with Gasteiger partial charge in [0.05, 0.1) is 10.6 Å². The second-order valence-corrected chi connectivity index (χ2v) is 7.20. The van der Waals surface area contributed by atoms with Gasteiger partial charge in [-0.3, -0.25) is 4.72 Å². The van der Waals surface area contributed by atoms with E-state index in [2.05, 4.69) is 25.6 Å². The van der Waals surface area contributed by atoms with E-state index in [1.54, 1.807) is 25.1 Å². The summed E-state index contributed by atoms with van der Waals surface area (Å²) < 4.78 is 28.0. The lowest BCUT2D eigenvalue weighted by Crippen LogP contribution is -2.14. The van der Waals surface area contributed by atoms with Gasteiger partial charge in [-0.1, -0.05) is 27.5 Å². The molecule has 0 radical (unpaired) electrons. The third-order valence-corrected chi connectivity index (χ3v) is 5.31. The Kier molecular flexibility index (Phi) is 4.36. The molecule has 0 saturated carbocycles. The van der Waals surface area contributed by atoms with Gasteiger partial charge < -0.3 is 0 Å². The van der Waals surface area contributed by atoms with Gasteiger partial charge in [-0.05, 0) is 49.2 Å². The monoisotopic (exact) mass is 374 g/mol. The molecule has 1 aromatic heterocycles. The quantitative estimate of drug-likeness (QED) is 0.827. The van der Waals surface area contributed by atoms with Crippen LogP contribution < -0.4 is 4.72 Å². The Labute approximate surface area is 131 Å². The van der Waals surface area contributed by atoms with E-state index in [0.29, 0.717) is 11.3 Å². The molecule has 0 amide bonds. The molecule has 1 aromatic carbocycles. The summed E-state index contributed by atoms with van der Waals surface area (Å²) in [4.78, 5) is 4.06. The van der Waals surface area contributed by atoms with Gasteiger partial charge in [0.2, 0.25) is 0 Å². The van der Waals surface area contributed by atoms with E-state index >= 15 is 0 Å². The highest BCUT2D eigenvalue weighted by molar-refractivity contribution is 9.10. The highest BCUT2D eigenvalue weighted by Gasteiger charge is 2.18. The third-order valence-electron chi connectivity index (χ3n) is 2.79. The molecule has 0 spiro atoms. The molecule has 4 nitrogen and oxygen atoms in total. The molecule has 106 valence electrons. The van der Waals surface area contributed by atoms with Crippen molar-refractivity contribution in [2.75, 3.05) is 4.72 Å². The summed E-state index contributed by atoms with van der Waals surface area (Å²) in [5.74, 6) is 0. The summed E-state index contributed by atoms with van der Waals surface area (Å²) in [6, 6.07) is 6.50. The molecule has 0 unspecified atom stereocenters. The van der Waals surface area contributed by atoms with Crippen LogP contribution in [0.25, 0.3) is 0 Å². The zero-order chi connectivity index (χ0) is 14.9. The average molecular weight is 376 g/mol. The summed E-state index contributed by atoms with van der Waals surface area (Å²) in [5.41, 5.74) is 1.85. The zero-order valence-corrected chi connectivity index (χ0v) is 14.0. The first-order valence-electron chi connectivity index (χ1n) is 5.71. The van der Waals surface area contributed by atoms with Gasteiger partial charge in [-0.2, -0.15) is 0 Å². The maximum absolute atomic E-state index is 12.4. The van der Waals surface area contributed by atoms with Gasteiger partial charge >= 0.3 is 0 Å². The number of hydrogen-bond acceptors (Lipinski definition) is 3. The van der Waals surface area contributed by atoms with Crippen LogP contribution >= 0.6 is 27.5 Å². The number of halogens is 2. The minimum absolute atomic E-state index is 0.127. The van der Waals surface area contributed by atoms with Crippen molar-refractivity contribution in [2.45, 2.75) is 18.7 Å². The van der Waals surface area contributed by atoms with Crippen molar-refractivity contribution in [2.24, 2.45) is 0 Å². The number of nitrogens with one attached hydrogen (secondary N) is 1. The van der Waals surface area contributed by atoms with Gasteiger partial charge in [0.1, 0.15) is 0 Å². The highest BCUT2D eigenvalue weighted by atomic mass is 79.9. The number of aryl methyl sites for hydroxylation is 2. The Morgan fingerprint density at radius 1 is 1.20 bits per heavy atom. The Hall–Kier alpha value is -1.11. The van der Waals surface area contributed by atoms with Gasteiger partial charge in [0.15, 0.2) is 5.15 Å². The summed E-state index contributed by atoms with van der Waals surface area (Å²) in [5, 5.41) is 0.127. The molecule has 0 aliphatic heterocycles. The van der Waals surface area contributed by atoms with Crippen molar-refractivity contribution < 1.29 is 8.42 Å². The zero-order valence-electron chi connectivity index (χ0n) is 10.8.